The minimum atomic E-state index is 0.182. The van der Waals surface area contributed by atoms with E-state index in [0.29, 0.717) is 0 Å². The molecule has 1 aromatic carbocycles. The van der Waals surface area contributed by atoms with Gasteiger partial charge in [-0.25, -0.2) is 9.97 Å². The molecule has 0 amide bonds. The highest BCUT2D eigenvalue weighted by molar-refractivity contribution is 5.34. The average Bonchev–Trinajstić information content (AvgIpc) is 2.44. The van der Waals surface area contributed by atoms with Gasteiger partial charge in [-0.15, -0.1) is 0 Å². The fourth-order valence-corrected chi connectivity index (χ4v) is 2.83. The highest BCUT2D eigenvalue weighted by Gasteiger charge is 2.21. The number of rotatable bonds is 5. The first kappa shape index (κ1) is 13.3. The van der Waals surface area contributed by atoms with E-state index < -0.39 is 0 Å². The Labute approximate surface area is 120 Å². The Morgan fingerprint density at radius 2 is 2.00 bits per heavy atom. The molecule has 104 valence electrons. The van der Waals surface area contributed by atoms with Crippen LogP contribution in [-0.4, -0.2) is 16.5 Å². The Kier molecular flexibility index (Phi) is 4.07. The van der Waals surface area contributed by atoms with E-state index in [1.165, 1.54) is 30.4 Å². The lowest BCUT2D eigenvalue weighted by Gasteiger charge is -2.27. The predicted molar refractivity (Wildman–Crippen MR) is 80.6 cm³/mol. The molecule has 1 N–H and O–H groups in total. The Hall–Kier alpha value is -1.74. The molecule has 2 aromatic rings. The molecular weight excluding hydrogens is 246 g/mol. The van der Waals surface area contributed by atoms with Gasteiger partial charge in [0.2, 0.25) is 0 Å². The van der Waals surface area contributed by atoms with Crippen LogP contribution >= 0.6 is 0 Å². The van der Waals surface area contributed by atoms with Crippen molar-refractivity contribution < 1.29 is 0 Å². The number of benzene rings is 1. The first-order chi connectivity index (χ1) is 9.88. The standard InChI is InChI=1S/C17H21N3/c1-2-20-17(16-10-18-12-19-11-16)15-8-4-7-14(9-15)13-5-3-6-13/h4,7-13,17,20H,2-3,5-6H2,1H3. The van der Waals surface area contributed by atoms with Gasteiger partial charge in [-0.1, -0.05) is 37.6 Å². The minimum Gasteiger partial charge on any atom is -0.306 e. The molecule has 20 heavy (non-hydrogen) atoms. The van der Waals surface area contributed by atoms with Crippen molar-refractivity contribution >= 4 is 0 Å². The summed E-state index contributed by atoms with van der Waals surface area (Å²) < 4.78 is 0. The third-order valence-corrected chi connectivity index (χ3v) is 4.14. The summed E-state index contributed by atoms with van der Waals surface area (Å²) in [5, 5.41) is 3.54. The predicted octanol–water partition coefficient (Wildman–Crippen LogP) is 3.44. The smallest absolute Gasteiger partial charge is 0.115 e. The van der Waals surface area contributed by atoms with Crippen molar-refractivity contribution in [2.45, 2.75) is 38.1 Å². The lowest BCUT2D eigenvalue weighted by atomic mass is 9.79. The molecule has 1 unspecified atom stereocenters. The van der Waals surface area contributed by atoms with Crippen molar-refractivity contribution in [3.8, 4) is 0 Å². The van der Waals surface area contributed by atoms with Gasteiger partial charge in [0.25, 0.3) is 0 Å². The molecule has 1 atom stereocenters. The van der Waals surface area contributed by atoms with Crippen LogP contribution in [0.4, 0.5) is 0 Å². The van der Waals surface area contributed by atoms with Crippen molar-refractivity contribution in [2.75, 3.05) is 6.54 Å². The van der Waals surface area contributed by atoms with Gasteiger partial charge in [0, 0.05) is 18.0 Å². The van der Waals surface area contributed by atoms with Crippen LogP contribution in [0.25, 0.3) is 0 Å². The number of aromatic nitrogens is 2. The fraction of sp³-hybridized carbons (Fsp3) is 0.412. The molecule has 0 saturated heterocycles. The van der Waals surface area contributed by atoms with E-state index in [1.807, 2.05) is 12.4 Å². The maximum absolute atomic E-state index is 4.15. The van der Waals surface area contributed by atoms with Crippen LogP contribution in [0.3, 0.4) is 0 Å². The molecule has 1 fully saturated rings. The fourth-order valence-electron chi connectivity index (χ4n) is 2.83. The van der Waals surface area contributed by atoms with E-state index in [-0.39, 0.29) is 6.04 Å². The molecule has 0 aliphatic heterocycles. The number of hydrogen-bond donors (Lipinski definition) is 1. The third kappa shape index (κ3) is 2.73. The van der Waals surface area contributed by atoms with Crippen LogP contribution in [0.15, 0.2) is 43.0 Å². The molecule has 0 bridgehead atoms. The zero-order chi connectivity index (χ0) is 13.8. The van der Waals surface area contributed by atoms with E-state index in [1.54, 1.807) is 6.33 Å². The monoisotopic (exact) mass is 267 g/mol. The van der Waals surface area contributed by atoms with Crippen LogP contribution < -0.4 is 5.32 Å². The highest BCUT2D eigenvalue weighted by Crippen LogP contribution is 2.37. The molecule has 0 spiro atoms. The van der Waals surface area contributed by atoms with Crippen molar-refractivity contribution in [3.05, 3.63) is 59.7 Å². The first-order valence-corrected chi connectivity index (χ1v) is 7.46. The summed E-state index contributed by atoms with van der Waals surface area (Å²) in [7, 11) is 0. The van der Waals surface area contributed by atoms with Crippen molar-refractivity contribution in [2.24, 2.45) is 0 Å². The Balaban J connectivity index is 1.91. The quantitative estimate of drug-likeness (QED) is 0.901. The highest BCUT2D eigenvalue weighted by atomic mass is 14.9. The van der Waals surface area contributed by atoms with E-state index in [4.69, 9.17) is 0 Å². The summed E-state index contributed by atoms with van der Waals surface area (Å²) in [6, 6.07) is 9.17. The van der Waals surface area contributed by atoms with Gasteiger partial charge in [-0.05, 0) is 36.4 Å². The topological polar surface area (TPSA) is 37.8 Å². The van der Waals surface area contributed by atoms with Crippen LogP contribution in [0, 0.1) is 0 Å². The zero-order valence-electron chi connectivity index (χ0n) is 11.9. The molecule has 3 nitrogen and oxygen atoms in total. The van der Waals surface area contributed by atoms with Gasteiger partial charge in [-0.2, -0.15) is 0 Å². The molecule has 3 rings (SSSR count). The van der Waals surface area contributed by atoms with Crippen LogP contribution in [0.1, 0.15) is 54.8 Å². The second-order valence-corrected chi connectivity index (χ2v) is 5.46. The minimum absolute atomic E-state index is 0.182. The molecule has 1 saturated carbocycles. The summed E-state index contributed by atoms with van der Waals surface area (Å²) in [4.78, 5) is 8.29. The SMILES string of the molecule is CCNC(c1cncnc1)c1cccc(C2CCC2)c1. The molecular formula is C17H21N3. The van der Waals surface area contributed by atoms with Gasteiger partial charge in [0.1, 0.15) is 6.33 Å². The maximum atomic E-state index is 4.15. The van der Waals surface area contributed by atoms with Gasteiger partial charge < -0.3 is 5.32 Å². The molecule has 1 aliphatic carbocycles. The summed E-state index contributed by atoms with van der Waals surface area (Å²) in [6.07, 6.45) is 9.43. The van der Waals surface area contributed by atoms with E-state index in [9.17, 15) is 0 Å². The summed E-state index contributed by atoms with van der Waals surface area (Å²) in [6.45, 7) is 3.06. The lowest BCUT2D eigenvalue weighted by Crippen LogP contribution is -2.22. The molecule has 3 heteroatoms. The van der Waals surface area contributed by atoms with E-state index >= 15 is 0 Å². The van der Waals surface area contributed by atoms with Crippen molar-refractivity contribution in [1.29, 1.82) is 0 Å². The Morgan fingerprint density at radius 3 is 2.65 bits per heavy atom. The Bertz CT molecular complexity index is 549. The van der Waals surface area contributed by atoms with Crippen molar-refractivity contribution in [3.63, 3.8) is 0 Å². The largest absolute Gasteiger partial charge is 0.306 e. The summed E-state index contributed by atoms with van der Waals surface area (Å²) in [5.41, 5.74) is 3.92. The molecule has 1 aliphatic rings. The number of nitrogens with zero attached hydrogens (tertiary/aromatic N) is 2. The average molecular weight is 267 g/mol. The van der Waals surface area contributed by atoms with E-state index in [0.717, 1.165) is 18.0 Å². The normalized spacial score (nSPS) is 16.6. The van der Waals surface area contributed by atoms with Gasteiger partial charge >= 0.3 is 0 Å². The Morgan fingerprint density at radius 1 is 1.20 bits per heavy atom. The number of hydrogen-bond acceptors (Lipinski definition) is 3. The van der Waals surface area contributed by atoms with E-state index in [2.05, 4.69) is 46.5 Å². The van der Waals surface area contributed by atoms with Gasteiger partial charge in [0.15, 0.2) is 0 Å². The zero-order valence-corrected chi connectivity index (χ0v) is 11.9. The van der Waals surface area contributed by atoms with Crippen LogP contribution in [0.5, 0.6) is 0 Å². The second-order valence-electron chi connectivity index (χ2n) is 5.46. The summed E-state index contributed by atoms with van der Waals surface area (Å²) in [5.74, 6) is 0.768. The first-order valence-electron chi connectivity index (χ1n) is 7.46. The van der Waals surface area contributed by atoms with Crippen LogP contribution in [-0.2, 0) is 0 Å². The molecule has 1 aromatic heterocycles. The third-order valence-electron chi connectivity index (χ3n) is 4.14. The maximum Gasteiger partial charge on any atom is 0.115 e. The summed E-state index contributed by atoms with van der Waals surface area (Å²) >= 11 is 0. The van der Waals surface area contributed by atoms with Gasteiger partial charge in [0.05, 0.1) is 6.04 Å². The molecule has 1 heterocycles. The van der Waals surface area contributed by atoms with Crippen molar-refractivity contribution in [1.82, 2.24) is 15.3 Å². The van der Waals surface area contributed by atoms with Gasteiger partial charge in [-0.3, -0.25) is 0 Å². The van der Waals surface area contributed by atoms with Crippen LogP contribution in [0.2, 0.25) is 0 Å². The lowest BCUT2D eigenvalue weighted by molar-refractivity contribution is 0.419. The number of nitrogens with one attached hydrogen (secondary N) is 1. The molecule has 0 radical (unpaired) electrons. The second kappa shape index (κ2) is 6.14.